The van der Waals surface area contributed by atoms with E-state index in [1.165, 1.54) is 0 Å². The molecule has 2 heterocycles. The van der Waals surface area contributed by atoms with Crippen LogP contribution in [0.4, 0.5) is 5.69 Å². The Morgan fingerprint density at radius 3 is 1.92 bits per heavy atom. The minimum atomic E-state index is -0.292. The highest BCUT2D eigenvalue weighted by molar-refractivity contribution is 6.11. The van der Waals surface area contributed by atoms with Crippen LogP contribution in [0, 0.1) is 0 Å². The molecule has 1 amide bonds. The van der Waals surface area contributed by atoms with Crippen LogP contribution in [0.3, 0.4) is 0 Å². The van der Waals surface area contributed by atoms with E-state index >= 15 is 0 Å². The number of carbonyl (C=O) groups excluding carboxylic acids is 1. The van der Waals surface area contributed by atoms with Crippen molar-refractivity contribution >= 4 is 17.3 Å². The Morgan fingerprint density at radius 1 is 0.885 bits per heavy atom. The third kappa shape index (κ3) is 4.10. The first-order chi connectivity index (χ1) is 12.6. The maximum atomic E-state index is 12.4. The van der Waals surface area contributed by atoms with Crippen LogP contribution in [-0.4, -0.2) is 35.7 Å². The zero-order valence-corrected chi connectivity index (χ0v) is 14.6. The van der Waals surface area contributed by atoms with Gasteiger partial charge in [-0.05, 0) is 48.5 Å². The van der Waals surface area contributed by atoms with Crippen LogP contribution >= 0.6 is 0 Å². The molecule has 1 N–H and O–H groups in total. The number of carbonyl (C=O) groups is 1. The van der Waals surface area contributed by atoms with E-state index in [4.69, 9.17) is 0 Å². The highest BCUT2D eigenvalue weighted by Gasteiger charge is 2.11. The number of benzene rings is 1. The first-order valence-corrected chi connectivity index (χ1v) is 8.13. The van der Waals surface area contributed by atoms with Crippen molar-refractivity contribution in [1.82, 2.24) is 15.4 Å². The van der Waals surface area contributed by atoms with E-state index in [1.807, 2.05) is 67.5 Å². The van der Waals surface area contributed by atoms with Gasteiger partial charge < -0.3 is 4.90 Å². The zero-order chi connectivity index (χ0) is 18.4. The molecule has 0 aliphatic heterocycles. The van der Waals surface area contributed by atoms with E-state index in [9.17, 15) is 4.79 Å². The Balaban J connectivity index is 1.85. The van der Waals surface area contributed by atoms with Crippen molar-refractivity contribution in [2.75, 3.05) is 19.0 Å². The number of hydrogen-bond acceptors (Lipinski definition) is 5. The van der Waals surface area contributed by atoms with Crippen molar-refractivity contribution < 1.29 is 4.79 Å². The molecule has 130 valence electrons. The minimum Gasteiger partial charge on any atom is -0.378 e. The number of nitrogens with one attached hydrogen (secondary N) is 1. The van der Waals surface area contributed by atoms with Crippen molar-refractivity contribution in [3.63, 3.8) is 0 Å². The molecule has 0 unspecified atom stereocenters. The SMILES string of the molecule is CN(C)c1ccc(C(=O)NN=C(c2ccccn2)c2ccccn2)cc1. The predicted molar refractivity (Wildman–Crippen MR) is 102 cm³/mol. The number of nitrogens with zero attached hydrogens (tertiary/aromatic N) is 4. The van der Waals surface area contributed by atoms with Gasteiger partial charge in [0.2, 0.25) is 0 Å². The van der Waals surface area contributed by atoms with E-state index in [1.54, 1.807) is 24.5 Å². The van der Waals surface area contributed by atoms with Gasteiger partial charge in [0.15, 0.2) is 0 Å². The number of anilines is 1. The molecule has 0 radical (unpaired) electrons. The average Bonchev–Trinajstić information content (AvgIpc) is 2.69. The molecule has 0 bridgehead atoms. The first kappa shape index (κ1) is 17.3. The van der Waals surface area contributed by atoms with Gasteiger partial charge in [0.1, 0.15) is 5.71 Å². The zero-order valence-electron chi connectivity index (χ0n) is 14.6. The molecule has 0 fully saturated rings. The fourth-order valence-corrected chi connectivity index (χ4v) is 2.33. The monoisotopic (exact) mass is 345 g/mol. The van der Waals surface area contributed by atoms with Gasteiger partial charge in [-0.3, -0.25) is 14.8 Å². The number of aromatic nitrogens is 2. The molecular weight excluding hydrogens is 326 g/mol. The van der Waals surface area contributed by atoms with Crippen LogP contribution in [0.5, 0.6) is 0 Å². The lowest BCUT2D eigenvalue weighted by Crippen LogP contribution is -2.21. The normalized spacial score (nSPS) is 10.1. The summed E-state index contributed by atoms with van der Waals surface area (Å²) in [6.07, 6.45) is 3.35. The second-order valence-corrected chi connectivity index (χ2v) is 5.77. The molecule has 3 rings (SSSR count). The molecule has 0 aliphatic carbocycles. The summed E-state index contributed by atoms with van der Waals surface area (Å²) in [6, 6.07) is 18.3. The van der Waals surface area contributed by atoms with Crippen molar-refractivity contribution in [3.05, 3.63) is 90.0 Å². The number of amides is 1. The van der Waals surface area contributed by atoms with Crippen LogP contribution < -0.4 is 10.3 Å². The summed E-state index contributed by atoms with van der Waals surface area (Å²) in [5, 5.41) is 4.28. The standard InChI is InChI=1S/C20H19N5O/c1-25(2)16-11-9-15(10-12-16)20(26)24-23-19(17-7-3-5-13-21-17)18-8-4-6-14-22-18/h3-14H,1-2H3,(H,24,26). The molecule has 0 atom stereocenters. The third-order valence-corrected chi connectivity index (χ3v) is 3.73. The number of hydrogen-bond donors (Lipinski definition) is 1. The molecular formula is C20H19N5O. The Labute approximate surface area is 152 Å². The van der Waals surface area contributed by atoms with Crippen molar-refractivity contribution in [3.8, 4) is 0 Å². The summed E-state index contributed by atoms with van der Waals surface area (Å²) in [7, 11) is 3.90. The lowest BCUT2D eigenvalue weighted by molar-refractivity contribution is 0.0955. The smallest absolute Gasteiger partial charge is 0.271 e. The van der Waals surface area contributed by atoms with Crippen molar-refractivity contribution in [1.29, 1.82) is 0 Å². The Hall–Kier alpha value is -3.54. The molecule has 0 saturated carbocycles. The maximum Gasteiger partial charge on any atom is 0.271 e. The molecule has 3 aromatic rings. The van der Waals surface area contributed by atoms with Gasteiger partial charge in [0, 0.05) is 37.7 Å². The summed E-state index contributed by atoms with van der Waals surface area (Å²) in [5.41, 5.74) is 5.92. The summed E-state index contributed by atoms with van der Waals surface area (Å²) in [4.78, 5) is 23.0. The third-order valence-electron chi connectivity index (χ3n) is 3.73. The van der Waals surface area contributed by atoms with E-state index in [-0.39, 0.29) is 5.91 Å². The highest BCUT2D eigenvalue weighted by Crippen LogP contribution is 2.12. The van der Waals surface area contributed by atoms with Crippen LogP contribution in [0.25, 0.3) is 0 Å². The van der Waals surface area contributed by atoms with Gasteiger partial charge in [0.05, 0.1) is 11.4 Å². The minimum absolute atomic E-state index is 0.292. The molecule has 6 nitrogen and oxygen atoms in total. The number of rotatable bonds is 5. The van der Waals surface area contributed by atoms with Gasteiger partial charge in [0.25, 0.3) is 5.91 Å². The molecule has 2 aromatic heterocycles. The summed E-state index contributed by atoms with van der Waals surface area (Å²) in [6.45, 7) is 0. The van der Waals surface area contributed by atoms with Crippen molar-refractivity contribution in [2.45, 2.75) is 0 Å². The summed E-state index contributed by atoms with van der Waals surface area (Å²) >= 11 is 0. The molecule has 1 aromatic carbocycles. The van der Waals surface area contributed by atoms with Gasteiger partial charge in [-0.15, -0.1) is 0 Å². The molecule has 6 heteroatoms. The number of pyridine rings is 2. The largest absolute Gasteiger partial charge is 0.378 e. The predicted octanol–water partition coefficient (Wildman–Crippen LogP) is 2.73. The maximum absolute atomic E-state index is 12.4. The topological polar surface area (TPSA) is 70.5 Å². The van der Waals surface area contributed by atoms with Crippen LogP contribution in [0.15, 0.2) is 78.2 Å². The Bertz CT molecular complexity index is 849. The summed E-state index contributed by atoms with van der Waals surface area (Å²) < 4.78 is 0. The van der Waals surface area contributed by atoms with Crippen LogP contribution in [0.1, 0.15) is 21.7 Å². The van der Waals surface area contributed by atoms with Crippen LogP contribution in [0.2, 0.25) is 0 Å². The Morgan fingerprint density at radius 2 is 1.46 bits per heavy atom. The first-order valence-electron chi connectivity index (χ1n) is 8.13. The molecule has 0 spiro atoms. The van der Waals surface area contributed by atoms with E-state index < -0.39 is 0 Å². The Kier molecular flexibility index (Phi) is 5.34. The summed E-state index contributed by atoms with van der Waals surface area (Å²) in [5.74, 6) is -0.292. The molecule has 0 aliphatic rings. The van der Waals surface area contributed by atoms with E-state index in [0.29, 0.717) is 22.7 Å². The fourth-order valence-electron chi connectivity index (χ4n) is 2.33. The van der Waals surface area contributed by atoms with Crippen LogP contribution in [-0.2, 0) is 0 Å². The van der Waals surface area contributed by atoms with Crippen molar-refractivity contribution in [2.24, 2.45) is 5.10 Å². The lowest BCUT2D eigenvalue weighted by Gasteiger charge is -2.12. The van der Waals surface area contributed by atoms with Gasteiger partial charge >= 0.3 is 0 Å². The lowest BCUT2D eigenvalue weighted by atomic mass is 10.1. The number of hydrazone groups is 1. The second-order valence-electron chi connectivity index (χ2n) is 5.77. The quantitative estimate of drug-likeness (QED) is 0.570. The fraction of sp³-hybridized carbons (Fsp3) is 0.100. The van der Waals surface area contributed by atoms with Gasteiger partial charge in [-0.25, -0.2) is 5.43 Å². The second kappa shape index (κ2) is 8.02. The average molecular weight is 345 g/mol. The van der Waals surface area contributed by atoms with Gasteiger partial charge in [-0.1, -0.05) is 12.1 Å². The highest BCUT2D eigenvalue weighted by atomic mass is 16.2. The van der Waals surface area contributed by atoms with Gasteiger partial charge in [-0.2, -0.15) is 5.10 Å². The van der Waals surface area contributed by atoms with E-state index in [0.717, 1.165) is 5.69 Å². The van der Waals surface area contributed by atoms with E-state index in [2.05, 4.69) is 20.5 Å². The molecule has 0 saturated heterocycles. The molecule has 26 heavy (non-hydrogen) atoms.